The molecule has 1 atom stereocenters. The molecular formula is C24H41IN4O2. The van der Waals surface area contributed by atoms with Crippen LogP contribution in [0.3, 0.4) is 0 Å². The molecule has 31 heavy (non-hydrogen) atoms. The number of halogens is 1. The first-order valence-corrected chi connectivity index (χ1v) is 11.6. The number of methoxy groups -OCH3 is 1. The number of ether oxygens (including phenoxy) is 2. The van der Waals surface area contributed by atoms with Gasteiger partial charge in [-0.1, -0.05) is 12.1 Å². The van der Waals surface area contributed by atoms with Gasteiger partial charge in [0.1, 0.15) is 0 Å². The SMILES string of the molecule is CN=C(NCc1cccc(OC)c1OC1CCCC1)NCC1CCCN(C(C)C)C1.I. The minimum absolute atomic E-state index is 0. The number of nitrogens with one attached hydrogen (secondary N) is 2. The van der Waals surface area contributed by atoms with Crippen LogP contribution in [-0.2, 0) is 6.54 Å². The fourth-order valence-corrected chi connectivity index (χ4v) is 4.54. The molecule has 0 spiro atoms. The number of nitrogens with zero attached hydrogens (tertiary/aromatic N) is 2. The van der Waals surface area contributed by atoms with E-state index in [0.29, 0.717) is 24.6 Å². The van der Waals surface area contributed by atoms with Crippen LogP contribution in [0.2, 0.25) is 0 Å². The van der Waals surface area contributed by atoms with E-state index in [-0.39, 0.29) is 24.0 Å². The van der Waals surface area contributed by atoms with Crippen molar-refractivity contribution in [3.05, 3.63) is 23.8 Å². The van der Waals surface area contributed by atoms with Crippen molar-refractivity contribution in [1.29, 1.82) is 0 Å². The monoisotopic (exact) mass is 544 g/mol. The summed E-state index contributed by atoms with van der Waals surface area (Å²) in [6, 6.07) is 6.73. The van der Waals surface area contributed by atoms with Gasteiger partial charge < -0.3 is 25.0 Å². The summed E-state index contributed by atoms with van der Waals surface area (Å²) < 4.78 is 11.9. The van der Waals surface area contributed by atoms with Gasteiger partial charge in [0.05, 0.1) is 13.2 Å². The number of benzene rings is 1. The number of para-hydroxylation sites is 1. The maximum atomic E-state index is 6.35. The molecule has 1 aromatic carbocycles. The molecule has 1 saturated carbocycles. The van der Waals surface area contributed by atoms with Crippen molar-refractivity contribution in [2.24, 2.45) is 10.9 Å². The van der Waals surface area contributed by atoms with Crippen LogP contribution in [0.1, 0.15) is 57.9 Å². The number of aliphatic imine (C=N–C) groups is 1. The fraction of sp³-hybridized carbons (Fsp3) is 0.708. The van der Waals surface area contributed by atoms with Gasteiger partial charge >= 0.3 is 0 Å². The Morgan fingerprint density at radius 1 is 1.16 bits per heavy atom. The summed E-state index contributed by atoms with van der Waals surface area (Å²) in [5.41, 5.74) is 1.10. The van der Waals surface area contributed by atoms with Gasteiger partial charge in [0.2, 0.25) is 0 Å². The lowest BCUT2D eigenvalue weighted by Crippen LogP contribution is -2.46. The second kappa shape index (κ2) is 13.4. The first-order valence-electron chi connectivity index (χ1n) is 11.6. The number of likely N-dealkylation sites (tertiary alicyclic amines) is 1. The van der Waals surface area contributed by atoms with Crippen molar-refractivity contribution in [2.45, 2.75) is 71.1 Å². The van der Waals surface area contributed by atoms with Crippen molar-refractivity contribution in [3.8, 4) is 11.5 Å². The number of hydrogen-bond acceptors (Lipinski definition) is 4. The van der Waals surface area contributed by atoms with Crippen molar-refractivity contribution in [1.82, 2.24) is 15.5 Å². The van der Waals surface area contributed by atoms with Crippen LogP contribution in [0.15, 0.2) is 23.2 Å². The molecule has 2 aliphatic rings. The molecule has 0 bridgehead atoms. The summed E-state index contributed by atoms with van der Waals surface area (Å²) in [7, 11) is 3.54. The van der Waals surface area contributed by atoms with E-state index in [1.54, 1.807) is 7.11 Å². The topological polar surface area (TPSA) is 58.1 Å². The summed E-state index contributed by atoms with van der Waals surface area (Å²) in [5, 5.41) is 7.00. The largest absolute Gasteiger partial charge is 0.493 e. The highest BCUT2D eigenvalue weighted by molar-refractivity contribution is 14.0. The summed E-state index contributed by atoms with van der Waals surface area (Å²) in [5.74, 6) is 3.18. The van der Waals surface area contributed by atoms with E-state index >= 15 is 0 Å². The maximum Gasteiger partial charge on any atom is 0.191 e. The average Bonchev–Trinajstić information content (AvgIpc) is 3.28. The minimum atomic E-state index is 0. The highest BCUT2D eigenvalue weighted by atomic mass is 127. The molecule has 0 aromatic heterocycles. The molecular weight excluding hydrogens is 503 g/mol. The summed E-state index contributed by atoms with van der Waals surface area (Å²) in [6.07, 6.45) is 7.61. The van der Waals surface area contributed by atoms with Crippen molar-refractivity contribution < 1.29 is 9.47 Å². The Morgan fingerprint density at radius 2 is 1.94 bits per heavy atom. The number of hydrogen-bond donors (Lipinski definition) is 2. The van der Waals surface area contributed by atoms with Crippen LogP contribution < -0.4 is 20.1 Å². The van der Waals surface area contributed by atoms with Gasteiger partial charge in [0, 0.05) is 38.3 Å². The highest BCUT2D eigenvalue weighted by Crippen LogP contribution is 2.34. The molecule has 1 aliphatic heterocycles. The van der Waals surface area contributed by atoms with Crippen molar-refractivity contribution in [2.75, 3.05) is 33.8 Å². The van der Waals surface area contributed by atoms with E-state index in [9.17, 15) is 0 Å². The average molecular weight is 545 g/mol. The number of guanidine groups is 1. The second-order valence-corrected chi connectivity index (χ2v) is 8.88. The van der Waals surface area contributed by atoms with E-state index in [0.717, 1.165) is 49.0 Å². The molecule has 1 unspecified atom stereocenters. The highest BCUT2D eigenvalue weighted by Gasteiger charge is 2.22. The first-order chi connectivity index (χ1) is 14.6. The fourth-order valence-electron chi connectivity index (χ4n) is 4.54. The molecule has 1 heterocycles. The van der Waals surface area contributed by atoms with Gasteiger partial charge in [-0.15, -0.1) is 24.0 Å². The smallest absolute Gasteiger partial charge is 0.191 e. The van der Waals surface area contributed by atoms with E-state index in [1.807, 2.05) is 19.2 Å². The third-order valence-corrected chi connectivity index (χ3v) is 6.38. The predicted molar refractivity (Wildman–Crippen MR) is 139 cm³/mol. The molecule has 7 heteroatoms. The standard InChI is InChI=1S/C24H40N4O2.HI/c1-18(2)28-14-8-9-19(17-28)15-26-24(25-3)27-16-20-10-7-13-22(29-4)23(20)30-21-11-5-6-12-21;/h7,10,13,18-19,21H,5-6,8-9,11-12,14-17H2,1-4H3,(H2,25,26,27);1H. The van der Waals surface area contributed by atoms with Gasteiger partial charge in [0.15, 0.2) is 17.5 Å². The molecule has 1 aliphatic carbocycles. The normalized spacial score (nSPS) is 20.4. The van der Waals surface area contributed by atoms with Crippen LogP contribution in [0.5, 0.6) is 11.5 Å². The molecule has 1 saturated heterocycles. The molecule has 0 radical (unpaired) electrons. The summed E-state index contributed by atoms with van der Waals surface area (Å²) >= 11 is 0. The summed E-state index contributed by atoms with van der Waals surface area (Å²) in [4.78, 5) is 7.00. The Balaban J connectivity index is 0.00000341. The van der Waals surface area contributed by atoms with Gasteiger partial charge in [-0.2, -0.15) is 0 Å². The number of piperidine rings is 1. The van der Waals surface area contributed by atoms with Crippen LogP contribution >= 0.6 is 24.0 Å². The lowest BCUT2D eigenvalue weighted by Gasteiger charge is -2.35. The Kier molecular flexibility index (Phi) is 11.2. The Bertz CT molecular complexity index is 692. The van der Waals surface area contributed by atoms with Crippen LogP contribution in [0.25, 0.3) is 0 Å². The van der Waals surface area contributed by atoms with Gasteiger partial charge in [-0.05, 0) is 70.9 Å². The Hall–Kier alpha value is -1.22. The van der Waals surface area contributed by atoms with Crippen molar-refractivity contribution >= 4 is 29.9 Å². The molecule has 176 valence electrons. The first kappa shape index (κ1) is 26.0. The van der Waals surface area contributed by atoms with Gasteiger partial charge in [0.25, 0.3) is 0 Å². The van der Waals surface area contributed by atoms with Crippen molar-refractivity contribution in [3.63, 3.8) is 0 Å². The zero-order chi connectivity index (χ0) is 21.3. The van der Waals surface area contributed by atoms with E-state index in [4.69, 9.17) is 9.47 Å². The molecule has 0 amide bonds. The van der Waals surface area contributed by atoms with E-state index in [1.165, 1.54) is 32.2 Å². The zero-order valence-corrected chi connectivity index (χ0v) is 22.0. The van der Waals surface area contributed by atoms with Crippen LogP contribution in [0.4, 0.5) is 0 Å². The minimum Gasteiger partial charge on any atom is -0.493 e. The third kappa shape index (κ3) is 7.70. The maximum absolute atomic E-state index is 6.35. The van der Waals surface area contributed by atoms with Gasteiger partial charge in [-0.25, -0.2) is 0 Å². The van der Waals surface area contributed by atoms with Gasteiger partial charge in [-0.3, -0.25) is 4.99 Å². The third-order valence-electron chi connectivity index (χ3n) is 6.38. The lowest BCUT2D eigenvalue weighted by atomic mass is 9.97. The quantitative estimate of drug-likeness (QED) is 0.288. The molecule has 6 nitrogen and oxygen atoms in total. The summed E-state index contributed by atoms with van der Waals surface area (Å²) in [6.45, 7) is 8.57. The Morgan fingerprint density at radius 3 is 2.61 bits per heavy atom. The zero-order valence-electron chi connectivity index (χ0n) is 19.7. The molecule has 1 aromatic rings. The predicted octanol–water partition coefficient (Wildman–Crippen LogP) is 4.42. The Labute approximate surface area is 205 Å². The van der Waals surface area contributed by atoms with Crippen LogP contribution in [0, 0.1) is 5.92 Å². The van der Waals surface area contributed by atoms with Crippen LogP contribution in [-0.4, -0.2) is 56.8 Å². The molecule has 2 fully saturated rings. The second-order valence-electron chi connectivity index (χ2n) is 8.88. The molecule has 3 rings (SSSR count). The molecule has 2 N–H and O–H groups in total. The lowest BCUT2D eigenvalue weighted by molar-refractivity contribution is 0.141. The van der Waals surface area contributed by atoms with E-state index < -0.39 is 0 Å². The van der Waals surface area contributed by atoms with E-state index in [2.05, 4.69) is 40.4 Å². The number of rotatable bonds is 8.